The molecule has 1 aromatic heterocycles. The third-order valence-corrected chi connectivity index (χ3v) is 7.33. The van der Waals surface area contributed by atoms with Crippen LogP contribution in [0, 0.1) is 5.92 Å². The highest BCUT2D eigenvalue weighted by atomic mass is 16.3. The van der Waals surface area contributed by atoms with Gasteiger partial charge in [-0.1, -0.05) is 24.3 Å². The lowest BCUT2D eigenvalue weighted by atomic mass is 10.0. The van der Waals surface area contributed by atoms with Crippen LogP contribution in [0.3, 0.4) is 0 Å². The van der Waals surface area contributed by atoms with E-state index in [-0.39, 0.29) is 23.6 Å². The minimum atomic E-state index is -1.16. The van der Waals surface area contributed by atoms with Gasteiger partial charge < -0.3 is 25.2 Å². The first-order valence-electron chi connectivity index (χ1n) is 12.2. The molecule has 3 amide bonds. The van der Waals surface area contributed by atoms with Crippen LogP contribution in [0.1, 0.15) is 36.0 Å². The number of fused-ring (bicyclic) bond motifs is 1. The van der Waals surface area contributed by atoms with E-state index in [4.69, 9.17) is 0 Å². The summed E-state index contributed by atoms with van der Waals surface area (Å²) < 4.78 is 0. The number of aliphatic hydroxyl groups is 1. The van der Waals surface area contributed by atoms with Gasteiger partial charge in [0.05, 0.1) is 0 Å². The van der Waals surface area contributed by atoms with Crippen LogP contribution in [-0.2, 0) is 9.59 Å². The standard InChI is InChI=1S/C27H28N4O4/c32-24(18-3-4-18)29-23-22-8-7-20(15-21(22)16-28-23)17-1-5-19(6-2-17)25(33)30-11-13-31(14-12-30)26(34)27(35)9-10-27/h1-2,5-8,15-16,18,28,35H,3-4,9-14H2,(H,29,32). The van der Waals surface area contributed by atoms with Crippen LogP contribution in [0.2, 0.25) is 0 Å². The molecule has 1 aliphatic heterocycles. The number of nitrogens with one attached hydrogen (secondary N) is 2. The number of H-pyrrole nitrogens is 1. The smallest absolute Gasteiger partial charge is 0.254 e. The Kier molecular flexibility index (Phi) is 5.14. The number of benzene rings is 2. The molecular formula is C27H28N4O4. The second kappa shape index (κ2) is 8.23. The molecule has 3 aromatic rings. The maximum atomic E-state index is 13.0. The Balaban J connectivity index is 1.11. The van der Waals surface area contributed by atoms with E-state index in [2.05, 4.69) is 16.4 Å². The number of hydrogen-bond donors (Lipinski definition) is 3. The van der Waals surface area contributed by atoms with Gasteiger partial charge >= 0.3 is 0 Å². The lowest BCUT2D eigenvalue weighted by Gasteiger charge is -2.35. The predicted octanol–water partition coefficient (Wildman–Crippen LogP) is 2.99. The van der Waals surface area contributed by atoms with Crippen molar-refractivity contribution in [3.05, 3.63) is 54.2 Å². The van der Waals surface area contributed by atoms with Gasteiger partial charge in [-0.2, -0.15) is 0 Å². The predicted molar refractivity (Wildman–Crippen MR) is 132 cm³/mol. The van der Waals surface area contributed by atoms with Crippen molar-refractivity contribution in [3.63, 3.8) is 0 Å². The van der Waals surface area contributed by atoms with Gasteiger partial charge in [0.15, 0.2) is 0 Å². The van der Waals surface area contributed by atoms with E-state index in [0.29, 0.717) is 44.6 Å². The zero-order chi connectivity index (χ0) is 24.2. The van der Waals surface area contributed by atoms with E-state index < -0.39 is 5.60 Å². The van der Waals surface area contributed by atoms with Crippen molar-refractivity contribution in [1.29, 1.82) is 0 Å². The Labute approximate surface area is 202 Å². The number of carbonyl (C=O) groups excluding carboxylic acids is 3. The highest BCUT2D eigenvalue weighted by Crippen LogP contribution is 2.37. The summed E-state index contributed by atoms with van der Waals surface area (Å²) in [5.74, 6) is 0.705. The number of rotatable bonds is 5. The zero-order valence-corrected chi connectivity index (χ0v) is 19.4. The van der Waals surface area contributed by atoms with Gasteiger partial charge in [0.1, 0.15) is 11.4 Å². The molecule has 3 N–H and O–H groups in total. The van der Waals surface area contributed by atoms with E-state index in [1.54, 1.807) is 9.80 Å². The van der Waals surface area contributed by atoms with E-state index in [0.717, 1.165) is 40.6 Å². The van der Waals surface area contributed by atoms with Crippen molar-refractivity contribution in [1.82, 2.24) is 14.8 Å². The summed E-state index contributed by atoms with van der Waals surface area (Å²) >= 11 is 0. The van der Waals surface area contributed by atoms with Crippen molar-refractivity contribution in [3.8, 4) is 11.1 Å². The lowest BCUT2D eigenvalue weighted by Crippen LogP contribution is -2.53. The SMILES string of the molecule is O=C(Nc1[nH]cc2cc(-c3ccc(C(=O)N4CCN(C(=O)C5(O)CC5)CC4)cc3)ccc12)C1CC1. The number of amides is 3. The summed E-state index contributed by atoms with van der Waals surface area (Å²) in [5.41, 5.74) is 1.49. The van der Waals surface area contributed by atoms with Gasteiger partial charge in [0, 0.05) is 54.6 Å². The van der Waals surface area contributed by atoms with Gasteiger partial charge in [-0.3, -0.25) is 14.4 Å². The molecule has 0 bridgehead atoms. The molecule has 2 heterocycles. The first-order chi connectivity index (χ1) is 16.9. The van der Waals surface area contributed by atoms with E-state index in [1.807, 2.05) is 42.6 Å². The summed E-state index contributed by atoms with van der Waals surface area (Å²) in [6, 6.07) is 13.7. The molecule has 2 aromatic carbocycles. The Bertz CT molecular complexity index is 1310. The largest absolute Gasteiger partial charge is 0.380 e. The number of carbonyl (C=O) groups is 3. The third kappa shape index (κ3) is 4.18. The first kappa shape index (κ1) is 21.9. The number of aromatic amines is 1. The summed E-state index contributed by atoms with van der Waals surface area (Å²) in [4.78, 5) is 44.0. The molecule has 3 aliphatic rings. The van der Waals surface area contributed by atoms with Crippen molar-refractivity contribution in [2.24, 2.45) is 5.92 Å². The average Bonchev–Trinajstić information content (AvgIpc) is 3.83. The average molecular weight is 473 g/mol. The molecule has 0 radical (unpaired) electrons. The van der Waals surface area contributed by atoms with Crippen LogP contribution in [0.5, 0.6) is 0 Å². The van der Waals surface area contributed by atoms with Gasteiger partial charge in [-0.15, -0.1) is 0 Å². The molecule has 3 fully saturated rings. The summed E-state index contributed by atoms with van der Waals surface area (Å²) in [6.45, 7) is 1.83. The van der Waals surface area contributed by atoms with E-state index in [1.165, 1.54) is 0 Å². The minimum absolute atomic E-state index is 0.0501. The molecule has 0 atom stereocenters. The molecule has 35 heavy (non-hydrogen) atoms. The fraction of sp³-hybridized carbons (Fsp3) is 0.370. The fourth-order valence-electron chi connectivity index (χ4n) is 4.72. The maximum absolute atomic E-state index is 13.0. The third-order valence-electron chi connectivity index (χ3n) is 7.33. The number of aromatic nitrogens is 1. The molecule has 1 saturated heterocycles. The highest BCUT2D eigenvalue weighted by molar-refractivity contribution is 6.03. The number of anilines is 1. The Morgan fingerprint density at radius 2 is 1.57 bits per heavy atom. The van der Waals surface area contributed by atoms with Crippen LogP contribution in [0.15, 0.2) is 48.7 Å². The Hall–Kier alpha value is -3.65. The van der Waals surface area contributed by atoms with Crippen LogP contribution < -0.4 is 5.32 Å². The van der Waals surface area contributed by atoms with Crippen LogP contribution >= 0.6 is 0 Å². The normalized spacial score (nSPS) is 19.0. The van der Waals surface area contributed by atoms with Crippen molar-refractivity contribution >= 4 is 34.3 Å². The van der Waals surface area contributed by atoms with Crippen molar-refractivity contribution in [2.45, 2.75) is 31.3 Å². The van der Waals surface area contributed by atoms with E-state index >= 15 is 0 Å². The number of nitrogens with zero attached hydrogens (tertiary/aromatic N) is 2. The number of piperazine rings is 1. The first-order valence-corrected chi connectivity index (χ1v) is 12.2. The quantitative estimate of drug-likeness (QED) is 0.531. The molecule has 0 unspecified atom stereocenters. The summed E-state index contributed by atoms with van der Waals surface area (Å²) in [6.07, 6.45) is 4.89. The van der Waals surface area contributed by atoms with Gasteiger partial charge in [-0.25, -0.2) is 0 Å². The second-order valence-electron chi connectivity index (χ2n) is 9.92. The second-order valence-corrected chi connectivity index (χ2v) is 9.92. The summed E-state index contributed by atoms with van der Waals surface area (Å²) in [5, 5.41) is 15.0. The van der Waals surface area contributed by atoms with Crippen LogP contribution in [0.4, 0.5) is 5.82 Å². The Morgan fingerprint density at radius 1 is 0.914 bits per heavy atom. The minimum Gasteiger partial charge on any atom is -0.380 e. The summed E-state index contributed by atoms with van der Waals surface area (Å²) in [7, 11) is 0. The van der Waals surface area contributed by atoms with Gasteiger partial charge in [-0.05, 0) is 55.0 Å². The van der Waals surface area contributed by atoms with Crippen molar-refractivity contribution < 1.29 is 19.5 Å². The van der Waals surface area contributed by atoms with Gasteiger partial charge in [0.2, 0.25) is 5.91 Å². The molecule has 2 saturated carbocycles. The molecule has 180 valence electrons. The van der Waals surface area contributed by atoms with E-state index in [9.17, 15) is 19.5 Å². The van der Waals surface area contributed by atoms with Crippen molar-refractivity contribution in [2.75, 3.05) is 31.5 Å². The zero-order valence-electron chi connectivity index (χ0n) is 19.4. The molecule has 2 aliphatic carbocycles. The topological polar surface area (TPSA) is 106 Å². The lowest BCUT2D eigenvalue weighted by molar-refractivity contribution is -0.143. The fourth-order valence-corrected chi connectivity index (χ4v) is 4.72. The maximum Gasteiger partial charge on any atom is 0.254 e. The highest BCUT2D eigenvalue weighted by Gasteiger charge is 2.50. The molecule has 6 rings (SSSR count). The molecular weight excluding hydrogens is 444 g/mol. The van der Waals surface area contributed by atoms with Gasteiger partial charge in [0.25, 0.3) is 11.8 Å². The monoisotopic (exact) mass is 472 g/mol. The molecule has 8 heteroatoms. The molecule has 0 spiro atoms. The van der Waals surface area contributed by atoms with Crippen LogP contribution in [-0.4, -0.2) is 69.4 Å². The number of hydrogen-bond acceptors (Lipinski definition) is 4. The van der Waals surface area contributed by atoms with Crippen LogP contribution in [0.25, 0.3) is 21.9 Å². The molecule has 8 nitrogen and oxygen atoms in total. The Morgan fingerprint density at radius 3 is 2.23 bits per heavy atom.